The molecule has 0 aliphatic rings. The lowest BCUT2D eigenvalue weighted by Crippen LogP contribution is -2.22. The van der Waals surface area contributed by atoms with Crippen molar-refractivity contribution in [3.05, 3.63) is 29.8 Å². The first-order valence-electron chi connectivity index (χ1n) is 6.22. The highest BCUT2D eigenvalue weighted by atomic mass is 16.5. The number of hydrogen-bond donors (Lipinski definition) is 1. The van der Waals surface area contributed by atoms with Crippen LogP contribution in [-0.4, -0.2) is 13.2 Å². The molecule has 17 heavy (non-hydrogen) atoms. The maximum absolute atomic E-state index is 5.64. The highest BCUT2D eigenvalue weighted by Gasteiger charge is 2.13. The van der Waals surface area contributed by atoms with E-state index in [0.717, 1.165) is 24.3 Å². The smallest absolute Gasteiger partial charge is 0.124 e. The third-order valence-electron chi connectivity index (χ3n) is 2.56. The van der Waals surface area contributed by atoms with E-state index in [4.69, 9.17) is 11.2 Å². The second-order valence-corrected chi connectivity index (χ2v) is 3.89. The molecule has 2 nitrogen and oxygen atoms in total. The number of rotatable bonds is 7. The van der Waals surface area contributed by atoms with Gasteiger partial charge in [-0.15, -0.1) is 12.3 Å². The normalized spacial score (nSPS) is 11.8. The van der Waals surface area contributed by atoms with Gasteiger partial charge in [-0.25, -0.2) is 0 Å². The van der Waals surface area contributed by atoms with E-state index in [-0.39, 0.29) is 6.04 Å². The molecule has 0 saturated heterocycles. The Kier molecular flexibility index (Phi) is 6.21. The molecule has 0 fully saturated rings. The van der Waals surface area contributed by atoms with Crippen LogP contribution in [-0.2, 0) is 0 Å². The van der Waals surface area contributed by atoms with E-state index in [2.05, 4.69) is 24.2 Å². The molecule has 1 atom stereocenters. The summed E-state index contributed by atoms with van der Waals surface area (Å²) in [7, 11) is 0. The fourth-order valence-electron chi connectivity index (χ4n) is 1.78. The molecule has 0 spiro atoms. The van der Waals surface area contributed by atoms with Crippen LogP contribution >= 0.6 is 0 Å². The molecule has 0 bridgehead atoms. The van der Waals surface area contributed by atoms with Gasteiger partial charge in [0, 0.05) is 18.0 Å². The van der Waals surface area contributed by atoms with Gasteiger partial charge in [-0.1, -0.05) is 25.1 Å². The summed E-state index contributed by atoms with van der Waals surface area (Å²) in [6, 6.07) is 8.27. The predicted molar refractivity (Wildman–Crippen MR) is 72.1 cm³/mol. The van der Waals surface area contributed by atoms with Crippen molar-refractivity contribution in [2.24, 2.45) is 0 Å². The summed E-state index contributed by atoms with van der Waals surface area (Å²) in [5.74, 6) is 3.66. The van der Waals surface area contributed by atoms with Crippen LogP contribution in [0.3, 0.4) is 0 Å². The van der Waals surface area contributed by atoms with Crippen molar-refractivity contribution in [1.82, 2.24) is 5.32 Å². The van der Waals surface area contributed by atoms with Gasteiger partial charge >= 0.3 is 0 Å². The average Bonchev–Trinajstić information content (AvgIpc) is 2.36. The Morgan fingerprint density at radius 2 is 2.12 bits per heavy atom. The zero-order valence-corrected chi connectivity index (χ0v) is 10.7. The van der Waals surface area contributed by atoms with E-state index in [0.29, 0.717) is 13.0 Å². The molecule has 1 N–H and O–H groups in total. The number of para-hydroxylation sites is 1. The van der Waals surface area contributed by atoms with Crippen LogP contribution in [0.5, 0.6) is 5.75 Å². The molecule has 1 aromatic carbocycles. The Bertz CT molecular complexity index is 367. The molecular formula is C15H21NO. The number of benzene rings is 1. The van der Waals surface area contributed by atoms with Gasteiger partial charge in [-0.3, -0.25) is 0 Å². The molecular weight excluding hydrogens is 210 g/mol. The van der Waals surface area contributed by atoms with Gasteiger partial charge < -0.3 is 10.1 Å². The van der Waals surface area contributed by atoms with Gasteiger partial charge in [0.2, 0.25) is 0 Å². The monoisotopic (exact) mass is 231 g/mol. The minimum atomic E-state index is 0.183. The van der Waals surface area contributed by atoms with Crippen molar-refractivity contribution in [1.29, 1.82) is 0 Å². The first-order chi connectivity index (χ1) is 8.33. The molecule has 92 valence electrons. The summed E-state index contributed by atoms with van der Waals surface area (Å²) in [5.41, 5.74) is 1.15. The summed E-state index contributed by atoms with van der Waals surface area (Å²) in [5, 5.41) is 3.46. The molecule has 1 rings (SSSR count). The standard InChI is InChI=1S/C15H21NO/c1-4-9-14(16-12-5-2)13-10-7-8-11-15(13)17-6-3/h1,7-8,10-11,14,16H,5-6,9,12H2,2-3H3. The number of terminal acetylenes is 1. The van der Waals surface area contributed by atoms with Gasteiger partial charge in [-0.05, 0) is 26.0 Å². The zero-order chi connectivity index (χ0) is 12.5. The molecule has 0 aliphatic heterocycles. The molecule has 0 saturated carbocycles. The molecule has 0 radical (unpaired) electrons. The fraction of sp³-hybridized carbons (Fsp3) is 0.467. The van der Waals surface area contributed by atoms with Gasteiger partial charge in [0.15, 0.2) is 0 Å². The lowest BCUT2D eigenvalue weighted by molar-refractivity contribution is 0.331. The maximum Gasteiger partial charge on any atom is 0.124 e. The Balaban J connectivity index is 2.88. The van der Waals surface area contributed by atoms with E-state index in [1.54, 1.807) is 0 Å². The summed E-state index contributed by atoms with van der Waals surface area (Å²) in [6.45, 7) is 5.78. The van der Waals surface area contributed by atoms with E-state index in [1.165, 1.54) is 0 Å². The molecule has 1 unspecified atom stereocenters. The third kappa shape index (κ3) is 4.13. The van der Waals surface area contributed by atoms with Crippen molar-refractivity contribution in [3.8, 4) is 18.1 Å². The highest BCUT2D eigenvalue weighted by molar-refractivity contribution is 5.36. The number of ether oxygens (including phenoxy) is 1. The average molecular weight is 231 g/mol. The van der Waals surface area contributed by atoms with Crippen molar-refractivity contribution >= 4 is 0 Å². The van der Waals surface area contributed by atoms with E-state index in [1.807, 2.05) is 25.1 Å². The summed E-state index contributed by atoms with van der Waals surface area (Å²) >= 11 is 0. The zero-order valence-electron chi connectivity index (χ0n) is 10.7. The molecule has 0 amide bonds. The summed E-state index contributed by atoms with van der Waals surface area (Å²) in [4.78, 5) is 0. The molecule has 0 heterocycles. The minimum absolute atomic E-state index is 0.183. The first kappa shape index (κ1) is 13.6. The van der Waals surface area contributed by atoms with Gasteiger partial charge in [0.25, 0.3) is 0 Å². The van der Waals surface area contributed by atoms with Crippen molar-refractivity contribution in [2.45, 2.75) is 32.7 Å². The second kappa shape index (κ2) is 7.76. The Labute approximate surface area is 104 Å². The van der Waals surface area contributed by atoms with Crippen LogP contribution in [0.2, 0.25) is 0 Å². The first-order valence-corrected chi connectivity index (χ1v) is 6.22. The van der Waals surface area contributed by atoms with E-state index in [9.17, 15) is 0 Å². The van der Waals surface area contributed by atoms with Crippen LogP contribution in [0.25, 0.3) is 0 Å². The van der Waals surface area contributed by atoms with Crippen molar-refractivity contribution in [2.75, 3.05) is 13.2 Å². The Morgan fingerprint density at radius 3 is 2.76 bits per heavy atom. The lowest BCUT2D eigenvalue weighted by Gasteiger charge is -2.19. The fourth-order valence-corrected chi connectivity index (χ4v) is 1.78. The van der Waals surface area contributed by atoms with Crippen LogP contribution < -0.4 is 10.1 Å². The van der Waals surface area contributed by atoms with Crippen LogP contribution in [0.15, 0.2) is 24.3 Å². The Hall–Kier alpha value is -1.46. The highest BCUT2D eigenvalue weighted by Crippen LogP contribution is 2.26. The topological polar surface area (TPSA) is 21.3 Å². The van der Waals surface area contributed by atoms with Crippen molar-refractivity contribution < 1.29 is 4.74 Å². The third-order valence-corrected chi connectivity index (χ3v) is 2.56. The van der Waals surface area contributed by atoms with Gasteiger partial charge in [-0.2, -0.15) is 0 Å². The van der Waals surface area contributed by atoms with E-state index < -0.39 is 0 Å². The SMILES string of the molecule is C#CCC(NCCC)c1ccccc1OCC. The lowest BCUT2D eigenvalue weighted by atomic mass is 10.0. The second-order valence-electron chi connectivity index (χ2n) is 3.89. The minimum Gasteiger partial charge on any atom is -0.494 e. The maximum atomic E-state index is 5.64. The van der Waals surface area contributed by atoms with Crippen LogP contribution in [0.4, 0.5) is 0 Å². The Morgan fingerprint density at radius 1 is 1.35 bits per heavy atom. The number of hydrogen-bond acceptors (Lipinski definition) is 2. The van der Waals surface area contributed by atoms with Gasteiger partial charge in [0.05, 0.1) is 6.61 Å². The summed E-state index contributed by atoms with van der Waals surface area (Å²) < 4.78 is 5.64. The van der Waals surface area contributed by atoms with Crippen LogP contribution in [0, 0.1) is 12.3 Å². The molecule has 1 aromatic rings. The molecule has 0 aromatic heterocycles. The number of nitrogens with one attached hydrogen (secondary N) is 1. The van der Waals surface area contributed by atoms with E-state index >= 15 is 0 Å². The quantitative estimate of drug-likeness (QED) is 0.728. The predicted octanol–water partition coefficient (Wildman–Crippen LogP) is 3.15. The largest absolute Gasteiger partial charge is 0.494 e. The molecule has 0 aliphatic carbocycles. The molecule has 2 heteroatoms. The summed E-state index contributed by atoms with van der Waals surface area (Å²) in [6.07, 6.45) is 7.21. The van der Waals surface area contributed by atoms with Crippen LogP contribution in [0.1, 0.15) is 38.3 Å². The van der Waals surface area contributed by atoms with Gasteiger partial charge in [0.1, 0.15) is 5.75 Å². The van der Waals surface area contributed by atoms with Crippen molar-refractivity contribution in [3.63, 3.8) is 0 Å².